The number of non-ortho nitro benzene ring substituents is 1. The molecule has 1 N–H and O–H groups in total. The minimum atomic E-state index is -0.502. The van der Waals surface area contributed by atoms with Gasteiger partial charge in [0, 0.05) is 17.8 Å². The molecular weight excluding hydrogens is 275 g/mol. The number of halogens is 1. The zero-order valence-corrected chi connectivity index (χ0v) is 11.3. The summed E-state index contributed by atoms with van der Waals surface area (Å²) >= 11 is 0. The molecular formula is C15H13FN2O3. The molecule has 21 heavy (non-hydrogen) atoms. The molecule has 0 fully saturated rings. The zero-order valence-electron chi connectivity index (χ0n) is 11.3. The highest BCUT2D eigenvalue weighted by molar-refractivity contribution is 5.93. The lowest BCUT2D eigenvalue weighted by atomic mass is 10.1. The Morgan fingerprint density at radius 3 is 2.62 bits per heavy atom. The summed E-state index contributed by atoms with van der Waals surface area (Å²) in [6.45, 7) is 1.66. The van der Waals surface area contributed by atoms with Crippen molar-refractivity contribution in [3.05, 3.63) is 69.5 Å². The first kappa shape index (κ1) is 14.6. The summed E-state index contributed by atoms with van der Waals surface area (Å²) in [5.74, 6) is -0.815. The van der Waals surface area contributed by atoms with E-state index in [1.807, 2.05) is 0 Å². The maximum absolute atomic E-state index is 13.5. The molecule has 2 aromatic rings. The average molecular weight is 288 g/mol. The molecule has 0 aromatic heterocycles. The van der Waals surface area contributed by atoms with Gasteiger partial charge < -0.3 is 5.32 Å². The van der Waals surface area contributed by atoms with Crippen molar-refractivity contribution in [1.29, 1.82) is 0 Å². The summed E-state index contributed by atoms with van der Waals surface area (Å²) in [5, 5.41) is 13.3. The molecule has 0 bridgehead atoms. The molecule has 0 saturated carbocycles. The van der Waals surface area contributed by atoms with Crippen molar-refractivity contribution in [1.82, 2.24) is 0 Å². The van der Waals surface area contributed by atoms with Gasteiger partial charge in [-0.3, -0.25) is 14.9 Å². The molecule has 0 heterocycles. The Morgan fingerprint density at radius 1 is 1.29 bits per heavy atom. The Labute approximate surface area is 120 Å². The molecule has 6 heteroatoms. The number of amides is 1. The Morgan fingerprint density at radius 2 is 2.00 bits per heavy atom. The standard InChI is InChI=1S/C15H13FN2O3/c1-10-8-12(18(20)21)6-7-14(10)17-15(19)9-11-4-2-3-5-13(11)16/h2-8H,9H2,1H3,(H,17,19). The number of nitro benzene ring substituents is 1. The number of nitro groups is 1. The van der Waals surface area contributed by atoms with Gasteiger partial charge in [0.1, 0.15) is 5.82 Å². The van der Waals surface area contributed by atoms with E-state index in [4.69, 9.17) is 0 Å². The number of carbonyl (C=O) groups excluding carboxylic acids is 1. The lowest BCUT2D eigenvalue weighted by Crippen LogP contribution is -2.16. The fraction of sp³-hybridized carbons (Fsp3) is 0.133. The number of rotatable bonds is 4. The molecule has 0 spiro atoms. The number of nitrogens with one attached hydrogen (secondary N) is 1. The SMILES string of the molecule is Cc1cc([N+](=O)[O-])ccc1NC(=O)Cc1ccccc1F. The summed E-state index contributed by atoms with van der Waals surface area (Å²) in [6, 6.07) is 10.2. The zero-order chi connectivity index (χ0) is 15.4. The number of aryl methyl sites for hydroxylation is 1. The van der Waals surface area contributed by atoms with Crippen LogP contribution in [0.5, 0.6) is 0 Å². The Kier molecular flexibility index (Phi) is 4.27. The lowest BCUT2D eigenvalue weighted by Gasteiger charge is -2.08. The highest BCUT2D eigenvalue weighted by Crippen LogP contribution is 2.21. The Bertz CT molecular complexity index is 701. The molecule has 0 radical (unpaired) electrons. The first-order chi connectivity index (χ1) is 9.97. The molecule has 108 valence electrons. The van der Waals surface area contributed by atoms with Gasteiger partial charge in [-0.15, -0.1) is 0 Å². The molecule has 1 amide bonds. The van der Waals surface area contributed by atoms with Gasteiger partial charge in [0.2, 0.25) is 5.91 Å². The summed E-state index contributed by atoms with van der Waals surface area (Å²) in [4.78, 5) is 22.0. The second-order valence-electron chi connectivity index (χ2n) is 4.57. The van der Waals surface area contributed by atoms with Crippen LogP contribution in [0.15, 0.2) is 42.5 Å². The van der Waals surface area contributed by atoms with Crippen LogP contribution in [-0.2, 0) is 11.2 Å². The van der Waals surface area contributed by atoms with Crippen molar-refractivity contribution < 1.29 is 14.1 Å². The maximum Gasteiger partial charge on any atom is 0.269 e. The minimum absolute atomic E-state index is 0.0420. The Balaban J connectivity index is 2.10. The Hall–Kier alpha value is -2.76. The third-order valence-corrected chi connectivity index (χ3v) is 3.00. The van der Waals surface area contributed by atoms with Crippen LogP contribution < -0.4 is 5.32 Å². The van der Waals surface area contributed by atoms with E-state index in [-0.39, 0.29) is 18.0 Å². The molecule has 0 saturated heterocycles. The van der Waals surface area contributed by atoms with Gasteiger partial charge in [-0.1, -0.05) is 18.2 Å². The topological polar surface area (TPSA) is 72.2 Å². The van der Waals surface area contributed by atoms with Crippen LogP contribution in [-0.4, -0.2) is 10.8 Å². The van der Waals surface area contributed by atoms with Crippen molar-refractivity contribution in [3.63, 3.8) is 0 Å². The molecule has 0 aliphatic carbocycles. The molecule has 0 aliphatic heterocycles. The highest BCUT2D eigenvalue weighted by Gasteiger charge is 2.12. The molecule has 0 atom stereocenters. The third kappa shape index (κ3) is 3.62. The number of carbonyl (C=O) groups is 1. The van der Waals surface area contributed by atoms with E-state index in [1.165, 1.54) is 30.3 Å². The van der Waals surface area contributed by atoms with E-state index in [2.05, 4.69) is 5.32 Å². The average Bonchev–Trinajstić information content (AvgIpc) is 2.43. The number of benzene rings is 2. The van der Waals surface area contributed by atoms with Gasteiger partial charge >= 0.3 is 0 Å². The van der Waals surface area contributed by atoms with E-state index in [0.717, 1.165) is 0 Å². The lowest BCUT2D eigenvalue weighted by molar-refractivity contribution is -0.384. The molecule has 0 unspecified atom stereocenters. The monoisotopic (exact) mass is 288 g/mol. The van der Waals surface area contributed by atoms with Crippen LogP contribution in [0.2, 0.25) is 0 Å². The number of hydrogen-bond acceptors (Lipinski definition) is 3. The van der Waals surface area contributed by atoms with E-state index in [9.17, 15) is 19.3 Å². The van der Waals surface area contributed by atoms with E-state index in [1.54, 1.807) is 19.1 Å². The van der Waals surface area contributed by atoms with Crippen LogP contribution in [0.3, 0.4) is 0 Å². The van der Waals surface area contributed by atoms with Gasteiger partial charge in [-0.25, -0.2) is 4.39 Å². The summed E-state index contributed by atoms with van der Waals surface area (Å²) < 4.78 is 13.5. The number of anilines is 1. The smallest absolute Gasteiger partial charge is 0.269 e. The van der Waals surface area contributed by atoms with Gasteiger partial charge in [-0.2, -0.15) is 0 Å². The fourth-order valence-corrected chi connectivity index (χ4v) is 1.91. The van der Waals surface area contributed by atoms with Crippen LogP contribution in [0.25, 0.3) is 0 Å². The molecule has 2 aromatic carbocycles. The van der Waals surface area contributed by atoms with E-state index < -0.39 is 10.7 Å². The highest BCUT2D eigenvalue weighted by atomic mass is 19.1. The maximum atomic E-state index is 13.5. The van der Waals surface area contributed by atoms with Crippen molar-refractivity contribution >= 4 is 17.3 Å². The fourth-order valence-electron chi connectivity index (χ4n) is 1.91. The summed E-state index contributed by atoms with van der Waals surface area (Å²) in [7, 11) is 0. The van der Waals surface area contributed by atoms with Crippen LogP contribution in [0.4, 0.5) is 15.8 Å². The molecule has 2 rings (SSSR count). The van der Waals surface area contributed by atoms with Crippen LogP contribution >= 0.6 is 0 Å². The number of hydrogen-bond donors (Lipinski definition) is 1. The van der Waals surface area contributed by atoms with Crippen molar-refractivity contribution in [2.24, 2.45) is 0 Å². The first-order valence-electron chi connectivity index (χ1n) is 6.25. The minimum Gasteiger partial charge on any atom is -0.326 e. The summed E-state index contributed by atoms with van der Waals surface area (Å²) in [6.07, 6.45) is -0.0941. The van der Waals surface area contributed by atoms with E-state index in [0.29, 0.717) is 16.8 Å². The van der Waals surface area contributed by atoms with Gasteiger partial charge in [0.25, 0.3) is 5.69 Å². The second kappa shape index (κ2) is 6.13. The third-order valence-electron chi connectivity index (χ3n) is 3.00. The normalized spacial score (nSPS) is 10.2. The van der Waals surface area contributed by atoms with Crippen molar-refractivity contribution in [2.45, 2.75) is 13.3 Å². The molecule has 0 aliphatic rings. The summed E-state index contributed by atoms with van der Waals surface area (Å²) in [5.41, 5.74) is 1.31. The molecule has 5 nitrogen and oxygen atoms in total. The first-order valence-corrected chi connectivity index (χ1v) is 6.25. The second-order valence-corrected chi connectivity index (χ2v) is 4.57. The number of nitrogens with zero attached hydrogens (tertiary/aromatic N) is 1. The largest absolute Gasteiger partial charge is 0.326 e. The van der Waals surface area contributed by atoms with Gasteiger partial charge in [0.05, 0.1) is 11.3 Å². The van der Waals surface area contributed by atoms with Gasteiger partial charge in [-0.05, 0) is 30.2 Å². The van der Waals surface area contributed by atoms with Crippen LogP contribution in [0.1, 0.15) is 11.1 Å². The quantitative estimate of drug-likeness (QED) is 0.693. The van der Waals surface area contributed by atoms with Crippen molar-refractivity contribution in [2.75, 3.05) is 5.32 Å². The van der Waals surface area contributed by atoms with E-state index >= 15 is 0 Å². The predicted molar refractivity (Wildman–Crippen MR) is 76.6 cm³/mol. The predicted octanol–water partition coefficient (Wildman–Crippen LogP) is 3.22. The van der Waals surface area contributed by atoms with Crippen molar-refractivity contribution in [3.8, 4) is 0 Å². The van der Waals surface area contributed by atoms with Gasteiger partial charge in [0.15, 0.2) is 0 Å². The van der Waals surface area contributed by atoms with Crippen LogP contribution in [0, 0.1) is 22.9 Å².